The molecule has 1 fully saturated rings. The molecule has 0 saturated heterocycles. The number of hydrogen-bond donors (Lipinski definition) is 2. The summed E-state index contributed by atoms with van der Waals surface area (Å²) in [6, 6.07) is 8.52. The van der Waals surface area contributed by atoms with E-state index in [4.69, 9.17) is 14.2 Å². The lowest BCUT2D eigenvalue weighted by Crippen LogP contribution is -2.30. The maximum Gasteiger partial charge on any atom is 0.335 e. The van der Waals surface area contributed by atoms with Crippen LogP contribution in [0.5, 0.6) is 11.5 Å². The average Bonchev–Trinajstić information content (AvgIpc) is 3.11. The molecule has 8 heteroatoms. The number of nitrogens with zero attached hydrogens (tertiary/aromatic N) is 2. The summed E-state index contributed by atoms with van der Waals surface area (Å²) in [5, 5.41) is 20.7. The van der Waals surface area contributed by atoms with Gasteiger partial charge in [0.2, 0.25) is 0 Å². The molecule has 8 nitrogen and oxygen atoms in total. The van der Waals surface area contributed by atoms with Crippen molar-refractivity contribution in [2.75, 3.05) is 20.8 Å². The number of rotatable bonds is 10. The molecule has 0 radical (unpaired) electrons. The normalized spacial score (nSPS) is 15.7. The van der Waals surface area contributed by atoms with E-state index in [-0.39, 0.29) is 5.56 Å². The molecule has 0 amide bonds. The maximum absolute atomic E-state index is 11.4. The number of carboxylic acids is 1. The van der Waals surface area contributed by atoms with Gasteiger partial charge in [0, 0.05) is 25.6 Å². The third-order valence-electron chi connectivity index (χ3n) is 6.84. The van der Waals surface area contributed by atoms with Crippen molar-refractivity contribution in [2.45, 2.75) is 44.8 Å². The molecule has 1 saturated carbocycles. The van der Waals surface area contributed by atoms with E-state index in [1.807, 2.05) is 30.7 Å². The fourth-order valence-electron chi connectivity index (χ4n) is 4.42. The molecule has 1 aromatic heterocycles. The predicted molar refractivity (Wildman–Crippen MR) is 128 cm³/mol. The maximum atomic E-state index is 11.4. The van der Waals surface area contributed by atoms with Crippen LogP contribution in [0.4, 0.5) is 0 Å². The molecule has 0 bridgehead atoms. The molecule has 1 aliphatic rings. The zero-order chi connectivity index (χ0) is 24.4. The van der Waals surface area contributed by atoms with Crippen molar-refractivity contribution in [3.05, 3.63) is 52.8 Å². The number of aryl methyl sites for hydroxylation is 1. The number of aromatic nitrogens is 2. The van der Waals surface area contributed by atoms with Gasteiger partial charge in [-0.2, -0.15) is 0 Å². The molecule has 0 unspecified atom stereocenters. The third kappa shape index (κ3) is 4.74. The Hall–Kier alpha value is -3.10. The summed E-state index contributed by atoms with van der Waals surface area (Å²) in [5.41, 5.74) is 3.12. The predicted octanol–water partition coefficient (Wildman–Crippen LogP) is 4.06. The zero-order valence-electron chi connectivity index (χ0n) is 20.1. The van der Waals surface area contributed by atoms with Crippen molar-refractivity contribution in [1.82, 2.24) is 9.55 Å². The number of ether oxygens (including phenoxy) is 3. The Kier molecular flexibility index (Phi) is 7.09. The van der Waals surface area contributed by atoms with Crippen LogP contribution in [-0.2, 0) is 18.2 Å². The lowest BCUT2D eigenvalue weighted by Gasteiger charge is -2.30. The average molecular weight is 469 g/mol. The fraction of sp³-hybridized carbons (Fsp3) is 0.462. The van der Waals surface area contributed by atoms with Crippen LogP contribution in [0.2, 0.25) is 0 Å². The molecule has 2 atom stereocenters. The number of methoxy groups -OCH3 is 2. The van der Waals surface area contributed by atoms with Gasteiger partial charge in [-0.05, 0) is 61.6 Å². The van der Waals surface area contributed by atoms with E-state index in [0.29, 0.717) is 47.3 Å². The Morgan fingerprint density at radius 3 is 2.41 bits per heavy atom. The molecule has 4 rings (SSSR count). The molecule has 182 valence electrons. The van der Waals surface area contributed by atoms with Crippen LogP contribution in [-0.4, -0.2) is 52.7 Å². The van der Waals surface area contributed by atoms with Crippen molar-refractivity contribution in [3.63, 3.8) is 0 Å². The lowest BCUT2D eigenvalue weighted by atomic mass is 9.86. The van der Waals surface area contributed by atoms with E-state index in [0.717, 1.165) is 23.9 Å². The highest BCUT2D eigenvalue weighted by Gasteiger charge is 2.28. The standard InChI is InChI=1S/C26H32N2O6/c1-15-21(32-3)11-18(12-22(15)33-4)25(29)23(34-14-16-6-5-7-16)13-24-27-19-10-17(26(30)31)8-9-20(19)28(24)2/h8-12,16,23,25,29H,5-7,13-14H2,1-4H3,(H,30,31)/t23-,25+/m0/s1. The minimum absolute atomic E-state index is 0.189. The molecular formula is C26H32N2O6. The molecule has 0 spiro atoms. The van der Waals surface area contributed by atoms with E-state index in [1.165, 1.54) is 6.42 Å². The van der Waals surface area contributed by atoms with Gasteiger partial charge in [-0.3, -0.25) is 0 Å². The van der Waals surface area contributed by atoms with Gasteiger partial charge in [-0.1, -0.05) is 6.42 Å². The number of fused-ring (bicyclic) bond motifs is 1. The van der Waals surface area contributed by atoms with Crippen LogP contribution in [0.3, 0.4) is 0 Å². The summed E-state index contributed by atoms with van der Waals surface area (Å²) >= 11 is 0. The summed E-state index contributed by atoms with van der Waals surface area (Å²) < 4.78 is 19.2. The summed E-state index contributed by atoms with van der Waals surface area (Å²) in [5.74, 6) is 1.50. The molecule has 1 aliphatic carbocycles. The SMILES string of the molecule is COc1cc([C@@H](O)[C@H](Cc2nc3cc(C(=O)O)ccc3n2C)OCC2CCC2)cc(OC)c1C. The molecule has 34 heavy (non-hydrogen) atoms. The number of hydrogen-bond acceptors (Lipinski definition) is 6. The minimum Gasteiger partial charge on any atom is -0.496 e. The summed E-state index contributed by atoms with van der Waals surface area (Å²) in [6.07, 6.45) is 2.37. The Labute approximate surface area is 199 Å². The fourth-order valence-corrected chi connectivity index (χ4v) is 4.42. The van der Waals surface area contributed by atoms with Crippen LogP contribution in [0.1, 0.15) is 52.7 Å². The van der Waals surface area contributed by atoms with E-state index >= 15 is 0 Å². The van der Waals surface area contributed by atoms with Crippen molar-refractivity contribution in [3.8, 4) is 11.5 Å². The van der Waals surface area contributed by atoms with Crippen LogP contribution < -0.4 is 9.47 Å². The van der Waals surface area contributed by atoms with Gasteiger partial charge in [-0.25, -0.2) is 9.78 Å². The molecule has 2 N–H and O–H groups in total. The highest BCUT2D eigenvalue weighted by molar-refractivity contribution is 5.92. The number of benzene rings is 2. The monoisotopic (exact) mass is 468 g/mol. The first kappa shape index (κ1) is 24.0. The van der Waals surface area contributed by atoms with Gasteiger partial charge in [-0.15, -0.1) is 0 Å². The van der Waals surface area contributed by atoms with Crippen molar-refractivity contribution in [1.29, 1.82) is 0 Å². The Morgan fingerprint density at radius 1 is 1.18 bits per heavy atom. The van der Waals surface area contributed by atoms with E-state index in [9.17, 15) is 15.0 Å². The van der Waals surface area contributed by atoms with Crippen LogP contribution >= 0.6 is 0 Å². The van der Waals surface area contributed by atoms with E-state index in [1.54, 1.807) is 32.4 Å². The van der Waals surface area contributed by atoms with Gasteiger partial charge in [0.25, 0.3) is 0 Å². The second-order valence-electron chi connectivity index (χ2n) is 8.96. The van der Waals surface area contributed by atoms with Crippen molar-refractivity contribution < 1.29 is 29.2 Å². The molecular weight excluding hydrogens is 436 g/mol. The van der Waals surface area contributed by atoms with Gasteiger partial charge >= 0.3 is 5.97 Å². The molecule has 1 heterocycles. The van der Waals surface area contributed by atoms with Crippen LogP contribution in [0, 0.1) is 12.8 Å². The molecule has 0 aliphatic heterocycles. The summed E-state index contributed by atoms with van der Waals surface area (Å²) in [6.45, 7) is 2.48. The second-order valence-corrected chi connectivity index (χ2v) is 8.96. The Bertz CT molecular complexity index is 1160. The molecule has 2 aromatic carbocycles. The second kappa shape index (κ2) is 10.0. The Balaban J connectivity index is 1.66. The number of carboxylic acid groups (broad SMARTS) is 1. The number of imidazole rings is 1. The quantitative estimate of drug-likeness (QED) is 0.463. The number of aliphatic hydroxyl groups excluding tert-OH is 1. The van der Waals surface area contributed by atoms with Gasteiger partial charge in [0.1, 0.15) is 23.4 Å². The Morgan fingerprint density at radius 2 is 1.85 bits per heavy atom. The first-order valence-electron chi connectivity index (χ1n) is 11.5. The zero-order valence-corrected chi connectivity index (χ0v) is 20.1. The lowest BCUT2D eigenvalue weighted by molar-refractivity contribution is -0.0601. The smallest absolute Gasteiger partial charge is 0.335 e. The first-order chi connectivity index (χ1) is 16.3. The largest absolute Gasteiger partial charge is 0.496 e. The number of carbonyl (C=O) groups is 1. The van der Waals surface area contributed by atoms with Gasteiger partial charge in [0.15, 0.2) is 0 Å². The van der Waals surface area contributed by atoms with Gasteiger partial charge < -0.3 is 29.0 Å². The summed E-state index contributed by atoms with van der Waals surface area (Å²) in [7, 11) is 5.07. The first-order valence-corrected chi connectivity index (χ1v) is 11.5. The van der Waals surface area contributed by atoms with Gasteiger partial charge in [0.05, 0.1) is 36.9 Å². The topological polar surface area (TPSA) is 103 Å². The van der Waals surface area contributed by atoms with Crippen LogP contribution in [0.15, 0.2) is 30.3 Å². The highest BCUT2D eigenvalue weighted by Crippen LogP contribution is 2.35. The number of aromatic carboxylic acids is 1. The third-order valence-corrected chi connectivity index (χ3v) is 6.84. The van der Waals surface area contributed by atoms with Crippen molar-refractivity contribution >= 4 is 17.0 Å². The van der Waals surface area contributed by atoms with Crippen LogP contribution in [0.25, 0.3) is 11.0 Å². The van der Waals surface area contributed by atoms with Crippen molar-refractivity contribution in [2.24, 2.45) is 13.0 Å². The highest BCUT2D eigenvalue weighted by atomic mass is 16.5. The minimum atomic E-state index is -0.992. The summed E-state index contributed by atoms with van der Waals surface area (Å²) in [4.78, 5) is 16.0. The number of aliphatic hydroxyl groups is 1. The molecule has 3 aromatic rings. The van der Waals surface area contributed by atoms with E-state index in [2.05, 4.69) is 4.98 Å². The van der Waals surface area contributed by atoms with E-state index < -0.39 is 18.2 Å².